The first kappa shape index (κ1) is 15.1. The predicted molar refractivity (Wildman–Crippen MR) is 86.1 cm³/mol. The van der Waals surface area contributed by atoms with Gasteiger partial charge in [-0.15, -0.1) is 0 Å². The maximum atomic E-state index is 12.0. The molecule has 0 amide bonds. The van der Waals surface area contributed by atoms with Gasteiger partial charge in [0, 0.05) is 12.0 Å². The van der Waals surface area contributed by atoms with Gasteiger partial charge in [0.2, 0.25) is 5.90 Å². The van der Waals surface area contributed by atoms with Crippen molar-refractivity contribution in [3.8, 4) is 11.5 Å². The fourth-order valence-corrected chi connectivity index (χ4v) is 2.46. The van der Waals surface area contributed by atoms with Crippen LogP contribution in [0.2, 0.25) is 0 Å². The van der Waals surface area contributed by atoms with Crippen molar-refractivity contribution in [3.63, 3.8) is 0 Å². The van der Waals surface area contributed by atoms with Crippen molar-refractivity contribution < 1.29 is 19.0 Å². The molecule has 2 aromatic rings. The first-order valence-electron chi connectivity index (χ1n) is 7.27. The van der Waals surface area contributed by atoms with Crippen LogP contribution in [0.25, 0.3) is 0 Å². The molecule has 0 spiro atoms. The summed E-state index contributed by atoms with van der Waals surface area (Å²) in [6.07, 6.45) is 0.454. The molecule has 0 saturated heterocycles. The molecule has 1 aliphatic heterocycles. The van der Waals surface area contributed by atoms with Gasteiger partial charge in [0.15, 0.2) is 17.5 Å². The lowest BCUT2D eigenvalue weighted by atomic mass is 10.1. The van der Waals surface area contributed by atoms with E-state index in [9.17, 15) is 4.79 Å². The predicted octanol–water partition coefficient (Wildman–Crippen LogP) is 2.62. The van der Waals surface area contributed by atoms with Crippen molar-refractivity contribution >= 4 is 11.9 Å². The fourth-order valence-electron chi connectivity index (χ4n) is 2.46. The second-order valence-electron chi connectivity index (χ2n) is 5.13. The number of cyclic esters (lactones) is 1. The summed E-state index contributed by atoms with van der Waals surface area (Å²) >= 11 is 0. The first-order valence-corrected chi connectivity index (χ1v) is 7.27. The summed E-state index contributed by atoms with van der Waals surface area (Å²) in [5.41, 5.74) is 1.73. The minimum atomic E-state index is -0.539. The van der Waals surface area contributed by atoms with E-state index in [2.05, 4.69) is 4.99 Å². The van der Waals surface area contributed by atoms with Crippen LogP contribution < -0.4 is 9.47 Å². The van der Waals surface area contributed by atoms with Gasteiger partial charge in [0.05, 0.1) is 14.2 Å². The second kappa shape index (κ2) is 6.52. The topological polar surface area (TPSA) is 57.1 Å². The van der Waals surface area contributed by atoms with Gasteiger partial charge < -0.3 is 14.2 Å². The van der Waals surface area contributed by atoms with Gasteiger partial charge in [-0.25, -0.2) is 9.79 Å². The van der Waals surface area contributed by atoms with Crippen LogP contribution in [-0.2, 0) is 16.0 Å². The number of aliphatic imine (C=N–C) groups is 1. The Morgan fingerprint density at radius 2 is 1.78 bits per heavy atom. The zero-order chi connectivity index (χ0) is 16.2. The number of carbonyl (C=O) groups excluding carboxylic acids is 1. The van der Waals surface area contributed by atoms with Gasteiger partial charge in [-0.2, -0.15) is 0 Å². The molecule has 2 aromatic carbocycles. The lowest BCUT2D eigenvalue weighted by Crippen LogP contribution is -2.17. The molecule has 0 fully saturated rings. The van der Waals surface area contributed by atoms with E-state index in [1.807, 2.05) is 48.5 Å². The molecule has 0 aliphatic carbocycles. The Hall–Kier alpha value is -2.82. The van der Waals surface area contributed by atoms with E-state index in [1.54, 1.807) is 14.2 Å². The van der Waals surface area contributed by atoms with Crippen molar-refractivity contribution in [2.45, 2.75) is 12.5 Å². The van der Waals surface area contributed by atoms with Gasteiger partial charge in [0.1, 0.15) is 0 Å². The van der Waals surface area contributed by atoms with E-state index >= 15 is 0 Å². The molecule has 0 unspecified atom stereocenters. The quantitative estimate of drug-likeness (QED) is 0.797. The Kier molecular flexibility index (Phi) is 4.28. The van der Waals surface area contributed by atoms with Crippen molar-refractivity contribution in [3.05, 3.63) is 59.7 Å². The highest BCUT2D eigenvalue weighted by Gasteiger charge is 2.30. The van der Waals surface area contributed by atoms with Crippen LogP contribution in [0.15, 0.2) is 53.5 Å². The monoisotopic (exact) mass is 311 g/mol. The standard InChI is InChI=1S/C18H17NO4/c1-21-15-9-8-12(11-16(15)22-2)10-14-18(20)23-17(19-14)13-6-4-3-5-7-13/h3-9,11,14H,10H2,1-2H3/t14-/m0/s1. The average Bonchev–Trinajstić information content (AvgIpc) is 2.96. The molecule has 118 valence electrons. The molecular formula is C18H17NO4. The highest BCUT2D eigenvalue weighted by atomic mass is 16.6. The van der Waals surface area contributed by atoms with Gasteiger partial charge in [0.25, 0.3) is 0 Å². The van der Waals surface area contributed by atoms with Crippen molar-refractivity contribution in [2.24, 2.45) is 4.99 Å². The zero-order valence-corrected chi connectivity index (χ0v) is 13.0. The molecule has 5 nitrogen and oxygen atoms in total. The first-order chi connectivity index (χ1) is 11.2. The zero-order valence-electron chi connectivity index (χ0n) is 13.0. The summed E-state index contributed by atoms with van der Waals surface area (Å²) in [4.78, 5) is 16.5. The number of carbonyl (C=O) groups is 1. The molecule has 0 aromatic heterocycles. The van der Waals surface area contributed by atoms with E-state index in [0.29, 0.717) is 23.8 Å². The summed E-state index contributed by atoms with van der Waals surface area (Å²) in [7, 11) is 3.17. The Labute approximate surface area is 134 Å². The van der Waals surface area contributed by atoms with E-state index in [1.165, 1.54) is 0 Å². The number of methoxy groups -OCH3 is 2. The van der Waals surface area contributed by atoms with Gasteiger partial charge in [-0.1, -0.05) is 24.3 Å². The normalized spacial score (nSPS) is 16.7. The van der Waals surface area contributed by atoms with Crippen LogP contribution >= 0.6 is 0 Å². The average molecular weight is 311 g/mol. The smallest absolute Gasteiger partial charge is 0.338 e. The second-order valence-corrected chi connectivity index (χ2v) is 5.13. The molecule has 0 N–H and O–H groups in total. The molecule has 1 aliphatic rings. The minimum absolute atomic E-state index is 0.335. The SMILES string of the molecule is COc1ccc(C[C@@H]2N=C(c3ccccc3)OC2=O)cc1OC. The molecule has 0 radical (unpaired) electrons. The van der Waals surface area contributed by atoms with Gasteiger partial charge in [-0.3, -0.25) is 0 Å². The van der Waals surface area contributed by atoms with Gasteiger partial charge in [-0.05, 0) is 29.8 Å². The fraction of sp³-hybridized carbons (Fsp3) is 0.222. The molecule has 1 atom stereocenters. The third kappa shape index (κ3) is 3.18. The summed E-state index contributed by atoms with van der Waals surface area (Å²) in [6, 6.07) is 14.4. The molecular weight excluding hydrogens is 294 g/mol. The molecule has 5 heteroatoms. The van der Waals surface area contributed by atoms with E-state index in [0.717, 1.165) is 11.1 Å². The van der Waals surface area contributed by atoms with Gasteiger partial charge >= 0.3 is 5.97 Å². The van der Waals surface area contributed by atoms with Crippen LogP contribution in [0.3, 0.4) is 0 Å². The van der Waals surface area contributed by atoms with Crippen LogP contribution in [0, 0.1) is 0 Å². The van der Waals surface area contributed by atoms with Crippen LogP contribution in [0.5, 0.6) is 11.5 Å². The Balaban J connectivity index is 1.80. The third-order valence-electron chi connectivity index (χ3n) is 3.64. The summed E-state index contributed by atoms with van der Waals surface area (Å²) in [5, 5.41) is 0. The Morgan fingerprint density at radius 1 is 1.04 bits per heavy atom. The Morgan fingerprint density at radius 3 is 2.48 bits per heavy atom. The molecule has 23 heavy (non-hydrogen) atoms. The number of esters is 1. The van der Waals surface area contributed by atoms with Crippen LogP contribution in [0.4, 0.5) is 0 Å². The highest BCUT2D eigenvalue weighted by Crippen LogP contribution is 2.28. The van der Waals surface area contributed by atoms with Crippen LogP contribution in [0.1, 0.15) is 11.1 Å². The number of rotatable bonds is 5. The molecule has 0 saturated carbocycles. The summed E-state index contributed by atoms with van der Waals surface area (Å²) in [5.74, 6) is 1.32. The summed E-state index contributed by atoms with van der Waals surface area (Å²) in [6.45, 7) is 0. The maximum absolute atomic E-state index is 12.0. The third-order valence-corrected chi connectivity index (χ3v) is 3.64. The van der Waals surface area contributed by atoms with Crippen molar-refractivity contribution in [2.75, 3.05) is 14.2 Å². The van der Waals surface area contributed by atoms with Crippen molar-refractivity contribution in [1.29, 1.82) is 0 Å². The molecule has 3 rings (SSSR count). The summed E-state index contributed by atoms with van der Waals surface area (Å²) < 4.78 is 15.8. The number of benzene rings is 2. The lowest BCUT2D eigenvalue weighted by molar-refractivity contribution is -0.134. The number of hydrogen-bond acceptors (Lipinski definition) is 5. The van der Waals surface area contributed by atoms with Crippen LogP contribution in [-0.4, -0.2) is 32.1 Å². The highest BCUT2D eigenvalue weighted by molar-refractivity contribution is 6.06. The number of nitrogens with zero attached hydrogens (tertiary/aromatic N) is 1. The molecule has 0 bridgehead atoms. The van der Waals surface area contributed by atoms with E-state index < -0.39 is 6.04 Å². The van der Waals surface area contributed by atoms with Crippen molar-refractivity contribution in [1.82, 2.24) is 0 Å². The number of ether oxygens (including phenoxy) is 3. The maximum Gasteiger partial charge on any atom is 0.338 e. The number of hydrogen-bond donors (Lipinski definition) is 0. The largest absolute Gasteiger partial charge is 0.493 e. The Bertz CT molecular complexity index is 740. The lowest BCUT2D eigenvalue weighted by Gasteiger charge is -2.10. The minimum Gasteiger partial charge on any atom is -0.493 e. The van der Waals surface area contributed by atoms with E-state index in [-0.39, 0.29) is 5.97 Å². The molecule has 1 heterocycles. The van der Waals surface area contributed by atoms with E-state index in [4.69, 9.17) is 14.2 Å².